The van der Waals surface area contributed by atoms with Crippen LogP contribution in [0.2, 0.25) is 0 Å². The molecule has 3 aromatic rings. The number of sulfone groups is 1. The van der Waals surface area contributed by atoms with Gasteiger partial charge in [-0.2, -0.15) is 0 Å². The zero-order valence-electron chi connectivity index (χ0n) is 15.7. The number of hydrogen-bond acceptors (Lipinski definition) is 2. The van der Waals surface area contributed by atoms with Crippen molar-refractivity contribution in [3.05, 3.63) is 101 Å². The Bertz CT molecular complexity index is 1020. The van der Waals surface area contributed by atoms with Crippen molar-refractivity contribution in [3.8, 4) is 11.1 Å². The van der Waals surface area contributed by atoms with Crippen molar-refractivity contribution in [3.63, 3.8) is 0 Å². The smallest absolute Gasteiger partial charge is 0.202 e. The maximum atomic E-state index is 12.7. The molecular formula is C24H24O2S. The van der Waals surface area contributed by atoms with Crippen LogP contribution in [-0.4, -0.2) is 8.42 Å². The molecule has 0 aromatic heterocycles. The Morgan fingerprint density at radius 2 is 1.37 bits per heavy atom. The van der Waals surface area contributed by atoms with Gasteiger partial charge in [-0.25, -0.2) is 8.42 Å². The summed E-state index contributed by atoms with van der Waals surface area (Å²) in [6, 6.07) is 25.2. The Morgan fingerprint density at radius 3 is 1.93 bits per heavy atom. The summed E-state index contributed by atoms with van der Waals surface area (Å²) in [5, 5.41) is 0. The molecule has 0 bridgehead atoms. The number of rotatable bonds is 6. The lowest BCUT2D eigenvalue weighted by Gasteiger charge is -2.15. The number of hydrogen-bond donors (Lipinski definition) is 0. The van der Waals surface area contributed by atoms with Gasteiger partial charge in [0.1, 0.15) is 0 Å². The largest absolute Gasteiger partial charge is 0.219 e. The van der Waals surface area contributed by atoms with Gasteiger partial charge in [0.25, 0.3) is 0 Å². The van der Waals surface area contributed by atoms with Gasteiger partial charge < -0.3 is 0 Å². The van der Waals surface area contributed by atoms with Crippen LogP contribution >= 0.6 is 0 Å². The normalized spacial score (nSPS) is 12.5. The maximum absolute atomic E-state index is 12.7. The fourth-order valence-corrected chi connectivity index (χ4v) is 4.40. The first-order valence-corrected chi connectivity index (χ1v) is 10.5. The average Bonchev–Trinajstić information content (AvgIpc) is 2.69. The number of aryl methyl sites for hydroxylation is 1. The van der Waals surface area contributed by atoms with E-state index in [1.165, 1.54) is 11.1 Å². The van der Waals surface area contributed by atoms with Gasteiger partial charge in [-0.15, -0.1) is 0 Å². The molecule has 2 nitrogen and oxygen atoms in total. The first kappa shape index (κ1) is 19.1. The lowest BCUT2D eigenvalue weighted by Crippen LogP contribution is -2.07. The van der Waals surface area contributed by atoms with Crippen LogP contribution in [0.3, 0.4) is 0 Å². The standard InChI is InChI=1S/C24H24O2S/c1-18-9-11-22(12-10-18)23-15-13-21(14-16-23)19(2)17-20(3)27(25,26)24-7-5-4-6-8-24/h4-16,19H,3,17H2,1-2H3. The topological polar surface area (TPSA) is 34.1 Å². The summed E-state index contributed by atoms with van der Waals surface area (Å²) in [6.07, 6.45) is 0.404. The fraction of sp³-hybridized carbons (Fsp3) is 0.167. The van der Waals surface area contributed by atoms with Crippen LogP contribution in [0.5, 0.6) is 0 Å². The number of benzene rings is 3. The first-order valence-electron chi connectivity index (χ1n) is 9.03. The van der Waals surface area contributed by atoms with Crippen molar-refractivity contribution < 1.29 is 8.42 Å². The van der Waals surface area contributed by atoms with Gasteiger partial charge in [0, 0.05) is 4.91 Å². The molecule has 0 aliphatic carbocycles. The van der Waals surface area contributed by atoms with Gasteiger partial charge in [-0.05, 0) is 48.1 Å². The summed E-state index contributed by atoms with van der Waals surface area (Å²) >= 11 is 0. The summed E-state index contributed by atoms with van der Waals surface area (Å²) in [4.78, 5) is 0.556. The van der Waals surface area contributed by atoms with Crippen LogP contribution in [0, 0.1) is 6.92 Å². The van der Waals surface area contributed by atoms with E-state index in [2.05, 4.69) is 62.0 Å². The summed E-state index contributed by atoms with van der Waals surface area (Å²) in [5.41, 5.74) is 4.68. The molecule has 0 heterocycles. The minimum atomic E-state index is -3.49. The highest BCUT2D eigenvalue weighted by molar-refractivity contribution is 7.95. The van der Waals surface area contributed by atoms with Gasteiger partial charge >= 0.3 is 0 Å². The van der Waals surface area contributed by atoms with Crippen molar-refractivity contribution in [2.75, 3.05) is 0 Å². The van der Waals surface area contributed by atoms with Gasteiger partial charge in [0.05, 0.1) is 4.90 Å². The predicted molar refractivity (Wildman–Crippen MR) is 112 cm³/mol. The quantitative estimate of drug-likeness (QED) is 0.517. The zero-order valence-corrected chi connectivity index (χ0v) is 16.5. The summed E-state index contributed by atoms with van der Waals surface area (Å²) in [5.74, 6) is 0.0723. The monoisotopic (exact) mass is 376 g/mol. The Labute approximate surface area is 162 Å². The van der Waals surface area contributed by atoms with Gasteiger partial charge in [-0.1, -0.05) is 85.8 Å². The predicted octanol–water partition coefficient (Wildman–Crippen LogP) is 6.14. The molecule has 0 spiro atoms. The molecule has 3 rings (SSSR count). The highest BCUT2D eigenvalue weighted by Gasteiger charge is 2.21. The van der Waals surface area contributed by atoms with E-state index in [0.717, 1.165) is 11.1 Å². The van der Waals surface area contributed by atoms with Crippen molar-refractivity contribution in [1.29, 1.82) is 0 Å². The third-order valence-electron chi connectivity index (χ3n) is 4.83. The van der Waals surface area contributed by atoms with E-state index in [1.54, 1.807) is 30.3 Å². The Kier molecular flexibility index (Phi) is 5.62. The summed E-state index contributed by atoms with van der Waals surface area (Å²) in [6.45, 7) is 7.96. The average molecular weight is 377 g/mol. The Morgan fingerprint density at radius 1 is 0.852 bits per heavy atom. The molecule has 0 N–H and O–H groups in total. The molecule has 0 aliphatic heterocycles. The lowest BCUT2D eigenvalue weighted by molar-refractivity contribution is 0.598. The van der Waals surface area contributed by atoms with Crippen LogP contribution in [0.25, 0.3) is 11.1 Å². The minimum Gasteiger partial charge on any atom is -0.219 e. The summed E-state index contributed by atoms with van der Waals surface area (Å²) in [7, 11) is -3.49. The first-order chi connectivity index (χ1) is 12.9. The van der Waals surface area contributed by atoms with Crippen LogP contribution < -0.4 is 0 Å². The summed E-state index contributed by atoms with van der Waals surface area (Å²) < 4.78 is 25.3. The zero-order chi connectivity index (χ0) is 19.4. The van der Waals surface area contributed by atoms with E-state index in [0.29, 0.717) is 11.3 Å². The number of allylic oxidation sites excluding steroid dienone is 1. The minimum absolute atomic E-state index is 0.0723. The van der Waals surface area contributed by atoms with Crippen molar-refractivity contribution >= 4 is 9.84 Å². The molecule has 0 aliphatic rings. The third-order valence-corrected chi connectivity index (χ3v) is 6.65. The molecule has 3 heteroatoms. The van der Waals surface area contributed by atoms with Crippen molar-refractivity contribution in [2.45, 2.75) is 31.1 Å². The van der Waals surface area contributed by atoms with Crippen LogP contribution in [0.15, 0.2) is 95.2 Å². The molecule has 3 aromatic carbocycles. The van der Waals surface area contributed by atoms with Gasteiger partial charge in [0.15, 0.2) is 0 Å². The molecule has 0 amide bonds. The molecule has 0 saturated carbocycles. The Hall–Kier alpha value is -2.65. The van der Waals surface area contributed by atoms with E-state index in [4.69, 9.17) is 0 Å². The SMILES string of the molecule is C=C(CC(C)c1ccc(-c2ccc(C)cc2)cc1)S(=O)(=O)c1ccccc1. The molecule has 0 fully saturated rings. The van der Waals surface area contributed by atoms with E-state index in [1.807, 2.05) is 6.92 Å². The molecule has 1 unspecified atom stereocenters. The molecule has 138 valence electrons. The van der Waals surface area contributed by atoms with Gasteiger partial charge in [-0.3, -0.25) is 0 Å². The van der Waals surface area contributed by atoms with E-state index in [-0.39, 0.29) is 10.8 Å². The van der Waals surface area contributed by atoms with E-state index >= 15 is 0 Å². The highest BCUT2D eigenvalue weighted by atomic mass is 32.2. The third kappa shape index (κ3) is 4.37. The Balaban J connectivity index is 1.73. The van der Waals surface area contributed by atoms with Crippen molar-refractivity contribution in [2.24, 2.45) is 0 Å². The molecule has 0 saturated heterocycles. The fourth-order valence-electron chi connectivity index (χ4n) is 3.09. The van der Waals surface area contributed by atoms with Crippen LogP contribution in [0.1, 0.15) is 30.4 Å². The van der Waals surface area contributed by atoms with E-state index in [9.17, 15) is 8.42 Å². The maximum Gasteiger partial charge on any atom is 0.202 e. The molecule has 27 heavy (non-hydrogen) atoms. The molecule has 0 radical (unpaired) electrons. The van der Waals surface area contributed by atoms with Crippen molar-refractivity contribution in [1.82, 2.24) is 0 Å². The molecule has 1 atom stereocenters. The van der Waals surface area contributed by atoms with Crippen LogP contribution in [-0.2, 0) is 9.84 Å². The highest BCUT2D eigenvalue weighted by Crippen LogP contribution is 2.30. The van der Waals surface area contributed by atoms with Gasteiger partial charge in [0.2, 0.25) is 9.84 Å². The molecular weight excluding hydrogens is 352 g/mol. The van der Waals surface area contributed by atoms with E-state index < -0.39 is 9.84 Å². The second-order valence-electron chi connectivity index (χ2n) is 6.95. The second-order valence-corrected chi connectivity index (χ2v) is 9.00. The second kappa shape index (κ2) is 7.93. The van der Waals surface area contributed by atoms with Crippen LogP contribution in [0.4, 0.5) is 0 Å². The lowest BCUT2D eigenvalue weighted by atomic mass is 9.95.